The predicted octanol–water partition coefficient (Wildman–Crippen LogP) is 5.72. The van der Waals surface area contributed by atoms with E-state index in [1.807, 2.05) is 0 Å². The van der Waals surface area contributed by atoms with Crippen LogP contribution in [0.25, 0.3) is 5.69 Å². The second-order valence-corrected chi connectivity index (χ2v) is 7.90. The molecule has 0 N–H and O–H groups in total. The topological polar surface area (TPSA) is 30.3 Å². The number of aryl methyl sites for hydroxylation is 1. The van der Waals surface area contributed by atoms with Crippen LogP contribution in [0.1, 0.15) is 55.3 Å². The van der Waals surface area contributed by atoms with E-state index in [4.69, 9.17) is 9.84 Å². The number of piperidine rings is 1. The van der Waals surface area contributed by atoms with E-state index in [0.29, 0.717) is 5.92 Å². The van der Waals surface area contributed by atoms with E-state index in [2.05, 4.69) is 78.0 Å². The van der Waals surface area contributed by atoms with Crippen molar-refractivity contribution in [1.82, 2.24) is 9.78 Å². The molecule has 0 radical (unpaired) electrons. The van der Waals surface area contributed by atoms with Gasteiger partial charge in [-0.3, -0.25) is 0 Å². The molecule has 2 aromatic carbocycles. The molecule has 0 aliphatic carbocycles. The Hall–Kier alpha value is -2.75. The van der Waals surface area contributed by atoms with Gasteiger partial charge in [-0.15, -0.1) is 0 Å². The van der Waals surface area contributed by atoms with Gasteiger partial charge in [0.1, 0.15) is 11.6 Å². The second-order valence-electron chi connectivity index (χ2n) is 7.90. The van der Waals surface area contributed by atoms with Gasteiger partial charge in [-0.1, -0.05) is 37.3 Å². The summed E-state index contributed by atoms with van der Waals surface area (Å²) >= 11 is 0. The summed E-state index contributed by atoms with van der Waals surface area (Å²) in [5.41, 5.74) is 4.88. The Morgan fingerprint density at radius 2 is 1.72 bits per heavy atom. The lowest BCUT2D eigenvalue weighted by molar-refractivity contribution is 0.414. The molecule has 4 nitrogen and oxygen atoms in total. The fourth-order valence-corrected chi connectivity index (χ4v) is 4.46. The number of methoxy groups -OCH3 is 1. The molecule has 0 amide bonds. The average Bonchev–Trinajstić information content (AvgIpc) is 3.17. The van der Waals surface area contributed by atoms with E-state index < -0.39 is 0 Å². The zero-order valence-electron chi connectivity index (χ0n) is 17.8. The van der Waals surface area contributed by atoms with Crippen molar-refractivity contribution in [3.05, 3.63) is 71.4 Å². The molecule has 4 rings (SSSR count). The summed E-state index contributed by atoms with van der Waals surface area (Å²) in [6, 6.07) is 19.4. The highest BCUT2D eigenvalue weighted by Crippen LogP contribution is 2.35. The van der Waals surface area contributed by atoms with Crippen LogP contribution in [-0.4, -0.2) is 30.0 Å². The van der Waals surface area contributed by atoms with Crippen molar-refractivity contribution >= 4 is 5.82 Å². The minimum Gasteiger partial charge on any atom is -0.497 e. The van der Waals surface area contributed by atoms with Gasteiger partial charge in [0.2, 0.25) is 0 Å². The molecular weight excluding hydrogens is 358 g/mol. The number of aromatic nitrogens is 2. The molecule has 0 unspecified atom stereocenters. The van der Waals surface area contributed by atoms with Crippen molar-refractivity contribution in [2.45, 2.75) is 45.4 Å². The lowest BCUT2D eigenvalue weighted by atomic mass is 9.88. The molecule has 4 heteroatoms. The van der Waals surface area contributed by atoms with Crippen molar-refractivity contribution < 1.29 is 4.74 Å². The molecule has 0 spiro atoms. The molecular formula is C25H31N3O. The Morgan fingerprint density at radius 3 is 2.41 bits per heavy atom. The van der Waals surface area contributed by atoms with Crippen molar-refractivity contribution in [3.63, 3.8) is 0 Å². The number of nitrogens with zero attached hydrogens (tertiary/aromatic N) is 3. The van der Waals surface area contributed by atoms with Crippen LogP contribution in [0.5, 0.6) is 5.75 Å². The third-order valence-corrected chi connectivity index (χ3v) is 5.96. The summed E-state index contributed by atoms with van der Waals surface area (Å²) in [6.45, 7) is 6.57. The molecule has 29 heavy (non-hydrogen) atoms. The number of hydrogen-bond donors (Lipinski definition) is 0. The van der Waals surface area contributed by atoms with E-state index in [1.54, 1.807) is 7.11 Å². The number of rotatable bonds is 6. The van der Waals surface area contributed by atoms with Crippen molar-refractivity contribution in [2.24, 2.45) is 0 Å². The fraction of sp³-hybridized carbons (Fsp3) is 0.400. The average molecular weight is 390 g/mol. The summed E-state index contributed by atoms with van der Waals surface area (Å²) in [4.78, 5) is 2.49. The maximum absolute atomic E-state index is 5.35. The maximum atomic E-state index is 5.35. The van der Waals surface area contributed by atoms with Crippen LogP contribution in [-0.2, 0) is 0 Å². The first-order chi connectivity index (χ1) is 14.2. The van der Waals surface area contributed by atoms with Gasteiger partial charge in [0, 0.05) is 25.1 Å². The first-order valence-electron chi connectivity index (χ1n) is 10.8. The lowest BCUT2D eigenvalue weighted by Gasteiger charge is -2.29. The maximum Gasteiger partial charge on any atom is 0.132 e. The molecule has 1 aliphatic heterocycles. The Balaban J connectivity index is 1.77. The van der Waals surface area contributed by atoms with Gasteiger partial charge in [-0.2, -0.15) is 5.10 Å². The third kappa shape index (κ3) is 4.02. The molecule has 0 saturated carbocycles. The first kappa shape index (κ1) is 19.6. The van der Waals surface area contributed by atoms with Gasteiger partial charge in [-0.05, 0) is 61.9 Å². The van der Waals surface area contributed by atoms with Crippen LogP contribution >= 0.6 is 0 Å². The zero-order valence-corrected chi connectivity index (χ0v) is 17.8. The van der Waals surface area contributed by atoms with Gasteiger partial charge in [0.05, 0.1) is 18.5 Å². The van der Waals surface area contributed by atoms with E-state index in [9.17, 15) is 0 Å². The number of ether oxygens (including phenoxy) is 1. The summed E-state index contributed by atoms with van der Waals surface area (Å²) < 4.78 is 7.52. The molecule has 1 fully saturated rings. The lowest BCUT2D eigenvalue weighted by Crippen LogP contribution is -2.31. The Bertz CT molecular complexity index is 939. The van der Waals surface area contributed by atoms with E-state index in [-0.39, 0.29) is 0 Å². The molecule has 3 aromatic rings. The molecule has 1 aliphatic rings. The van der Waals surface area contributed by atoms with Crippen LogP contribution in [0.15, 0.2) is 54.6 Å². The Kier molecular flexibility index (Phi) is 5.89. The molecule has 1 aromatic heterocycles. The van der Waals surface area contributed by atoms with Crippen LogP contribution in [0.4, 0.5) is 5.82 Å². The van der Waals surface area contributed by atoms with Gasteiger partial charge >= 0.3 is 0 Å². The van der Waals surface area contributed by atoms with E-state index in [1.165, 1.54) is 41.9 Å². The molecule has 0 bridgehead atoms. The SMILES string of the molecule is CC[C@@H](c1ccc(OC)cc1)c1ccccc1-n1nc(C)cc1N1CCCCC1. The van der Waals surface area contributed by atoms with Gasteiger partial charge in [-0.25, -0.2) is 4.68 Å². The predicted molar refractivity (Wildman–Crippen MR) is 119 cm³/mol. The smallest absolute Gasteiger partial charge is 0.132 e. The first-order valence-corrected chi connectivity index (χ1v) is 10.8. The standard InChI is InChI=1S/C25H31N3O/c1-4-22(20-12-14-21(29-3)15-13-20)23-10-6-7-11-24(23)28-25(18-19(2)26-28)27-16-8-5-9-17-27/h6-7,10-15,18,22H,4-5,8-9,16-17H2,1-3H3/t22-/m0/s1. The van der Waals surface area contributed by atoms with Crippen molar-refractivity contribution in [1.29, 1.82) is 0 Å². The highest BCUT2D eigenvalue weighted by Gasteiger charge is 2.22. The van der Waals surface area contributed by atoms with Gasteiger partial charge < -0.3 is 9.64 Å². The number of benzene rings is 2. The number of para-hydroxylation sites is 1. The summed E-state index contributed by atoms with van der Waals surface area (Å²) in [5.74, 6) is 2.43. The van der Waals surface area contributed by atoms with Crippen molar-refractivity contribution in [3.8, 4) is 11.4 Å². The van der Waals surface area contributed by atoms with Crippen LogP contribution in [0.2, 0.25) is 0 Å². The Labute approximate surface area is 174 Å². The largest absolute Gasteiger partial charge is 0.497 e. The number of anilines is 1. The minimum absolute atomic E-state index is 0.316. The number of hydrogen-bond acceptors (Lipinski definition) is 3. The van der Waals surface area contributed by atoms with Gasteiger partial charge in [0.25, 0.3) is 0 Å². The van der Waals surface area contributed by atoms with E-state index >= 15 is 0 Å². The van der Waals surface area contributed by atoms with Gasteiger partial charge in [0.15, 0.2) is 0 Å². The third-order valence-electron chi connectivity index (χ3n) is 5.96. The molecule has 1 atom stereocenters. The molecule has 1 saturated heterocycles. The minimum atomic E-state index is 0.316. The highest BCUT2D eigenvalue weighted by atomic mass is 16.5. The van der Waals surface area contributed by atoms with Crippen LogP contribution in [0.3, 0.4) is 0 Å². The van der Waals surface area contributed by atoms with Crippen molar-refractivity contribution in [2.75, 3.05) is 25.1 Å². The summed E-state index contributed by atoms with van der Waals surface area (Å²) in [5, 5.41) is 4.91. The monoisotopic (exact) mass is 389 g/mol. The normalized spacial score (nSPS) is 15.3. The Morgan fingerprint density at radius 1 is 1.00 bits per heavy atom. The van der Waals surface area contributed by atoms with Crippen LogP contribution in [0, 0.1) is 6.92 Å². The zero-order chi connectivity index (χ0) is 20.2. The van der Waals surface area contributed by atoms with E-state index in [0.717, 1.165) is 31.0 Å². The molecule has 152 valence electrons. The fourth-order valence-electron chi connectivity index (χ4n) is 4.46. The summed E-state index contributed by atoms with van der Waals surface area (Å²) in [7, 11) is 1.71. The highest BCUT2D eigenvalue weighted by molar-refractivity contribution is 5.54. The summed E-state index contributed by atoms with van der Waals surface area (Å²) in [6.07, 6.45) is 4.88. The quantitative estimate of drug-likeness (QED) is 0.540. The second kappa shape index (κ2) is 8.73. The van der Waals surface area contributed by atoms with Crippen LogP contribution < -0.4 is 9.64 Å². The molecule has 2 heterocycles.